The zero-order valence-electron chi connectivity index (χ0n) is 12.3. The fourth-order valence-corrected chi connectivity index (χ4v) is 2.55. The zero-order chi connectivity index (χ0) is 14.8. The van der Waals surface area contributed by atoms with Gasteiger partial charge in [0, 0.05) is 11.4 Å². The predicted molar refractivity (Wildman–Crippen MR) is 81.6 cm³/mol. The van der Waals surface area contributed by atoms with Gasteiger partial charge < -0.3 is 14.4 Å². The second kappa shape index (κ2) is 5.64. The number of fused-ring (bicyclic) bond motifs is 1. The molecule has 0 aromatic heterocycles. The molecule has 1 unspecified atom stereocenters. The Bertz CT molecular complexity index is 648. The van der Waals surface area contributed by atoms with Crippen molar-refractivity contribution in [1.82, 2.24) is 4.90 Å². The first-order valence-electron chi connectivity index (χ1n) is 7.23. The Morgan fingerprint density at radius 2 is 2.00 bits per heavy atom. The van der Waals surface area contributed by atoms with Crippen LogP contribution in [0.5, 0.6) is 5.75 Å². The lowest BCUT2D eigenvalue weighted by molar-refractivity contribution is 0.102. The first-order chi connectivity index (χ1) is 10.1. The molecule has 2 aromatic rings. The van der Waals surface area contributed by atoms with Crippen LogP contribution in [0.4, 0.5) is 4.79 Å². The summed E-state index contributed by atoms with van der Waals surface area (Å²) in [6, 6.07) is 14.2. The van der Waals surface area contributed by atoms with Crippen molar-refractivity contribution in [2.45, 2.75) is 26.0 Å². The van der Waals surface area contributed by atoms with Gasteiger partial charge >= 0.3 is 6.09 Å². The quantitative estimate of drug-likeness (QED) is 0.863. The summed E-state index contributed by atoms with van der Waals surface area (Å²) in [7, 11) is 0. The van der Waals surface area contributed by atoms with Gasteiger partial charge in [-0.15, -0.1) is 0 Å². The summed E-state index contributed by atoms with van der Waals surface area (Å²) in [5, 5.41) is 2.22. The van der Waals surface area contributed by atoms with Crippen molar-refractivity contribution in [2.75, 3.05) is 13.2 Å². The van der Waals surface area contributed by atoms with Crippen molar-refractivity contribution in [3.8, 4) is 5.75 Å². The summed E-state index contributed by atoms with van der Waals surface area (Å²) in [4.78, 5) is 13.4. The van der Waals surface area contributed by atoms with E-state index in [0.717, 1.165) is 16.5 Å². The second-order valence-electron chi connectivity index (χ2n) is 5.54. The van der Waals surface area contributed by atoms with Crippen LogP contribution < -0.4 is 4.74 Å². The molecule has 21 heavy (non-hydrogen) atoms. The molecule has 1 aliphatic heterocycles. The van der Waals surface area contributed by atoms with Crippen LogP contribution in [0.3, 0.4) is 0 Å². The van der Waals surface area contributed by atoms with E-state index in [4.69, 9.17) is 9.47 Å². The summed E-state index contributed by atoms with van der Waals surface area (Å²) < 4.78 is 11.2. The van der Waals surface area contributed by atoms with Gasteiger partial charge in [0.05, 0.1) is 6.54 Å². The minimum absolute atomic E-state index is 0.153. The minimum Gasteiger partial charge on any atom is -0.489 e. The smallest absolute Gasteiger partial charge is 0.410 e. The van der Waals surface area contributed by atoms with Crippen molar-refractivity contribution in [2.24, 2.45) is 0 Å². The highest BCUT2D eigenvalue weighted by molar-refractivity contribution is 5.88. The van der Waals surface area contributed by atoms with Gasteiger partial charge in [0.1, 0.15) is 12.4 Å². The third-order valence-corrected chi connectivity index (χ3v) is 3.70. The highest BCUT2D eigenvalue weighted by Gasteiger charge is 2.33. The summed E-state index contributed by atoms with van der Waals surface area (Å²) in [5.74, 6) is 0.826. The Balaban J connectivity index is 1.69. The molecular formula is C17H19NO3. The van der Waals surface area contributed by atoms with Crippen LogP contribution in [-0.4, -0.2) is 36.3 Å². The van der Waals surface area contributed by atoms with E-state index in [1.165, 1.54) is 0 Å². The molecule has 110 valence electrons. The maximum atomic E-state index is 11.7. The Labute approximate surface area is 124 Å². The molecule has 3 rings (SSSR count). The normalized spacial score (nSPS) is 18.3. The van der Waals surface area contributed by atoms with Crippen LogP contribution in [0.15, 0.2) is 42.5 Å². The highest BCUT2D eigenvalue weighted by atomic mass is 16.6. The Morgan fingerprint density at radius 3 is 2.76 bits per heavy atom. The molecular weight excluding hydrogens is 266 g/mol. The monoisotopic (exact) mass is 285 g/mol. The molecule has 1 saturated heterocycles. The molecule has 1 aliphatic rings. The molecule has 0 N–H and O–H groups in total. The lowest BCUT2D eigenvalue weighted by atomic mass is 10.1. The van der Waals surface area contributed by atoms with E-state index in [1.54, 1.807) is 4.90 Å². The predicted octanol–water partition coefficient (Wildman–Crippen LogP) is 3.45. The van der Waals surface area contributed by atoms with Gasteiger partial charge in [0.2, 0.25) is 0 Å². The average Bonchev–Trinajstić information content (AvgIpc) is 2.86. The molecule has 1 fully saturated rings. The number of rotatable bonds is 4. The van der Waals surface area contributed by atoms with Crippen LogP contribution in [0.1, 0.15) is 13.8 Å². The first-order valence-corrected chi connectivity index (χ1v) is 7.23. The third kappa shape index (κ3) is 2.79. The van der Waals surface area contributed by atoms with Gasteiger partial charge in [0.25, 0.3) is 0 Å². The van der Waals surface area contributed by atoms with Crippen LogP contribution >= 0.6 is 0 Å². The number of benzene rings is 2. The van der Waals surface area contributed by atoms with Crippen LogP contribution in [0.2, 0.25) is 0 Å². The van der Waals surface area contributed by atoms with E-state index in [2.05, 4.69) is 12.1 Å². The van der Waals surface area contributed by atoms with E-state index >= 15 is 0 Å². The van der Waals surface area contributed by atoms with Crippen molar-refractivity contribution in [3.05, 3.63) is 42.5 Å². The molecule has 4 heteroatoms. The summed E-state index contributed by atoms with van der Waals surface area (Å²) in [6.07, 6.45) is -0.463. The minimum atomic E-state index is -0.253. The molecule has 0 saturated carbocycles. The number of amides is 1. The number of carbonyl (C=O) groups excluding carboxylic acids is 1. The molecule has 4 nitrogen and oxygen atoms in total. The van der Waals surface area contributed by atoms with Gasteiger partial charge in [0.15, 0.2) is 6.10 Å². The summed E-state index contributed by atoms with van der Waals surface area (Å²) >= 11 is 0. The molecule has 1 atom stereocenters. The molecule has 0 bridgehead atoms. The molecule has 2 aromatic carbocycles. The van der Waals surface area contributed by atoms with Crippen LogP contribution in [-0.2, 0) is 4.74 Å². The SMILES string of the molecule is CC(C)N1CC(COc2cccc3ccccc23)OC1=O. The molecule has 1 heterocycles. The molecule has 0 radical (unpaired) electrons. The lowest BCUT2D eigenvalue weighted by Gasteiger charge is -2.17. The van der Waals surface area contributed by atoms with Crippen LogP contribution in [0, 0.1) is 0 Å². The second-order valence-corrected chi connectivity index (χ2v) is 5.54. The highest BCUT2D eigenvalue weighted by Crippen LogP contribution is 2.26. The molecule has 1 amide bonds. The Hall–Kier alpha value is -2.23. The van der Waals surface area contributed by atoms with Crippen molar-refractivity contribution >= 4 is 16.9 Å². The van der Waals surface area contributed by atoms with E-state index in [0.29, 0.717) is 13.2 Å². The van der Waals surface area contributed by atoms with Gasteiger partial charge in [-0.3, -0.25) is 0 Å². The van der Waals surface area contributed by atoms with Crippen LogP contribution in [0.25, 0.3) is 10.8 Å². The third-order valence-electron chi connectivity index (χ3n) is 3.70. The number of cyclic esters (lactones) is 1. The van der Waals surface area contributed by atoms with Crippen molar-refractivity contribution < 1.29 is 14.3 Å². The van der Waals surface area contributed by atoms with Gasteiger partial charge in [-0.1, -0.05) is 36.4 Å². The Kier molecular flexibility index (Phi) is 3.69. The fourth-order valence-electron chi connectivity index (χ4n) is 2.55. The van der Waals surface area contributed by atoms with Gasteiger partial charge in [-0.2, -0.15) is 0 Å². The number of carbonyl (C=O) groups is 1. The van der Waals surface area contributed by atoms with Gasteiger partial charge in [-0.25, -0.2) is 4.79 Å². The zero-order valence-corrected chi connectivity index (χ0v) is 12.3. The molecule has 0 aliphatic carbocycles. The summed E-state index contributed by atoms with van der Waals surface area (Å²) in [6.45, 7) is 4.93. The standard InChI is InChI=1S/C17H19NO3/c1-12(2)18-10-14(21-17(18)19)11-20-16-9-5-7-13-6-3-4-8-15(13)16/h3-9,12,14H,10-11H2,1-2H3. The average molecular weight is 285 g/mol. The van der Waals surface area contributed by atoms with Crippen molar-refractivity contribution in [1.29, 1.82) is 0 Å². The number of nitrogens with zero attached hydrogens (tertiary/aromatic N) is 1. The maximum Gasteiger partial charge on any atom is 0.410 e. The molecule has 0 spiro atoms. The number of hydrogen-bond donors (Lipinski definition) is 0. The van der Waals surface area contributed by atoms with E-state index < -0.39 is 0 Å². The van der Waals surface area contributed by atoms with E-state index in [1.807, 2.05) is 44.2 Å². The van der Waals surface area contributed by atoms with E-state index in [-0.39, 0.29) is 18.2 Å². The number of hydrogen-bond acceptors (Lipinski definition) is 3. The lowest BCUT2D eigenvalue weighted by Crippen LogP contribution is -2.32. The first kappa shape index (κ1) is 13.7. The maximum absolute atomic E-state index is 11.7. The van der Waals surface area contributed by atoms with Crippen molar-refractivity contribution in [3.63, 3.8) is 0 Å². The van der Waals surface area contributed by atoms with E-state index in [9.17, 15) is 4.79 Å². The fraction of sp³-hybridized carbons (Fsp3) is 0.353. The topological polar surface area (TPSA) is 38.8 Å². The largest absolute Gasteiger partial charge is 0.489 e. The van der Waals surface area contributed by atoms with Gasteiger partial charge in [-0.05, 0) is 25.3 Å². The summed E-state index contributed by atoms with van der Waals surface area (Å²) in [5.41, 5.74) is 0. The Morgan fingerprint density at radius 1 is 1.24 bits per heavy atom. The number of ether oxygens (including phenoxy) is 2.